The third-order valence-electron chi connectivity index (χ3n) is 4.54. The second-order valence-electron chi connectivity index (χ2n) is 6.39. The molecule has 3 N–H and O–H groups in total. The molecule has 3 unspecified atom stereocenters. The van der Waals surface area contributed by atoms with Crippen molar-refractivity contribution in [2.45, 2.75) is 63.5 Å². The number of nitrogens with one attached hydrogen (secondary N) is 2. The van der Waals surface area contributed by atoms with Gasteiger partial charge in [0.05, 0.1) is 6.10 Å². The minimum absolute atomic E-state index is 0.230. The van der Waals surface area contributed by atoms with Crippen LogP contribution < -0.4 is 10.6 Å². The largest absolute Gasteiger partial charge is 0.480 e. The third-order valence-corrected chi connectivity index (χ3v) is 4.54. The molecule has 0 aromatic carbocycles. The van der Waals surface area contributed by atoms with Gasteiger partial charge < -0.3 is 20.5 Å². The zero-order valence-corrected chi connectivity index (χ0v) is 12.7. The number of carbonyl (C=O) groups is 2. The van der Waals surface area contributed by atoms with Gasteiger partial charge in [-0.2, -0.15) is 0 Å². The van der Waals surface area contributed by atoms with Crippen LogP contribution in [0, 0.1) is 5.92 Å². The Morgan fingerprint density at radius 3 is 2.76 bits per heavy atom. The summed E-state index contributed by atoms with van der Waals surface area (Å²) in [5.41, 5.74) is -1.11. The van der Waals surface area contributed by atoms with Crippen molar-refractivity contribution in [2.24, 2.45) is 5.92 Å². The van der Waals surface area contributed by atoms with Crippen molar-refractivity contribution in [3.8, 4) is 0 Å². The van der Waals surface area contributed by atoms with Crippen LogP contribution in [0.15, 0.2) is 0 Å². The number of rotatable bonds is 5. The van der Waals surface area contributed by atoms with Crippen LogP contribution in [-0.4, -0.2) is 41.9 Å². The predicted octanol–water partition coefficient (Wildman–Crippen LogP) is 1.89. The number of hydrogen-bond acceptors (Lipinski definition) is 3. The Hall–Kier alpha value is -1.30. The Kier molecular flexibility index (Phi) is 5.45. The summed E-state index contributed by atoms with van der Waals surface area (Å²) in [6, 6.07) is -0.385. The Morgan fingerprint density at radius 1 is 1.33 bits per heavy atom. The maximum Gasteiger partial charge on any atom is 0.329 e. The van der Waals surface area contributed by atoms with E-state index >= 15 is 0 Å². The lowest BCUT2D eigenvalue weighted by molar-refractivity contribution is -0.146. The van der Waals surface area contributed by atoms with Gasteiger partial charge in [-0.1, -0.05) is 19.8 Å². The number of carbonyl (C=O) groups excluding carboxylic acids is 1. The maximum atomic E-state index is 12.0. The number of ether oxygens (including phenoxy) is 1. The molecule has 1 aliphatic carbocycles. The van der Waals surface area contributed by atoms with Gasteiger partial charge in [-0.05, 0) is 38.0 Å². The molecule has 120 valence electrons. The van der Waals surface area contributed by atoms with Gasteiger partial charge in [0.15, 0.2) is 0 Å². The Labute approximate surface area is 125 Å². The van der Waals surface area contributed by atoms with Crippen LogP contribution in [0.5, 0.6) is 0 Å². The van der Waals surface area contributed by atoms with Gasteiger partial charge in [0.1, 0.15) is 5.54 Å². The summed E-state index contributed by atoms with van der Waals surface area (Å²) in [6.07, 6.45) is 6.00. The van der Waals surface area contributed by atoms with E-state index in [0.29, 0.717) is 25.3 Å². The fourth-order valence-electron chi connectivity index (χ4n) is 3.39. The van der Waals surface area contributed by atoms with Crippen molar-refractivity contribution in [3.05, 3.63) is 0 Å². The summed E-state index contributed by atoms with van der Waals surface area (Å²) in [5, 5.41) is 14.9. The zero-order valence-electron chi connectivity index (χ0n) is 12.7. The molecule has 1 heterocycles. The van der Waals surface area contributed by atoms with Crippen LogP contribution in [0.3, 0.4) is 0 Å². The van der Waals surface area contributed by atoms with E-state index in [1.807, 2.05) is 6.92 Å². The fraction of sp³-hybridized carbons (Fsp3) is 0.867. The summed E-state index contributed by atoms with van der Waals surface area (Å²) in [5.74, 6) is -0.606. The van der Waals surface area contributed by atoms with Gasteiger partial charge >= 0.3 is 12.0 Å². The van der Waals surface area contributed by atoms with E-state index in [4.69, 9.17) is 4.74 Å². The fourth-order valence-corrected chi connectivity index (χ4v) is 3.39. The quantitative estimate of drug-likeness (QED) is 0.723. The molecule has 0 bridgehead atoms. The third kappa shape index (κ3) is 4.33. The number of carboxylic acids is 1. The minimum atomic E-state index is -1.11. The first kappa shape index (κ1) is 16.1. The van der Waals surface area contributed by atoms with Gasteiger partial charge in [0, 0.05) is 13.2 Å². The van der Waals surface area contributed by atoms with Crippen LogP contribution in [0.25, 0.3) is 0 Å². The zero-order chi connectivity index (χ0) is 15.3. The molecule has 0 spiro atoms. The van der Waals surface area contributed by atoms with Gasteiger partial charge in [0.25, 0.3) is 0 Å². The molecule has 1 aliphatic heterocycles. The van der Waals surface area contributed by atoms with Gasteiger partial charge in [-0.25, -0.2) is 9.59 Å². The smallest absolute Gasteiger partial charge is 0.329 e. The molecule has 0 aromatic rings. The van der Waals surface area contributed by atoms with Crippen LogP contribution in [0.4, 0.5) is 4.79 Å². The highest BCUT2D eigenvalue weighted by atomic mass is 16.5. The Bertz CT molecular complexity index is 382. The topological polar surface area (TPSA) is 87.7 Å². The molecule has 1 saturated carbocycles. The average molecular weight is 298 g/mol. The molecule has 3 atom stereocenters. The number of aliphatic carboxylic acids is 1. The number of urea groups is 1. The molecular weight excluding hydrogens is 272 g/mol. The van der Waals surface area contributed by atoms with Gasteiger partial charge in [-0.15, -0.1) is 0 Å². The second-order valence-corrected chi connectivity index (χ2v) is 6.39. The highest BCUT2D eigenvalue weighted by molar-refractivity contribution is 5.86. The summed E-state index contributed by atoms with van der Waals surface area (Å²) in [7, 11) is 0. The van der Waals surface area contributed by atoms with Gasteiger partial charge in [0.2, 0.25) is 0 Å². The van der Waals surface area contributed by atoms with Crippen LogP contribution in [0.1, 0.15) is 51.9 Å². The van der Waals surface area contributed by atoms with Crippen molar-refractivity contribution in [1.29, 1.82) is 0 Å². The van der Waals surface area contributed by atoms with Crippen molar-refractivity contribution in [3.63, 3.8) is 0 Å². The monoisotopic (exact) mass is 298 g/mol. The molecule has 2 aliphatic rings. The first-order chi connectivity index (χ1) is 10.0. The van der Waals surface area contributed by atoms with Crippen molar-refractivity contribution < 1.29 is 19.4 Å². The van der Waals surface area contributed by atoms with Gasteiger partial charge in [-0.3, -0.25) is 0 Å². The van der Waals surface area contributed by atoms with Crippen LogP contribution >= 0.6 is 0 Å². The molecular formula is C15H26N2O4. The van der Waals surface area contributed by atoms with Crippen molar-refractivity contribution >= 4 is 12.0 Å². The summed E-state index contributed by atoms with van der Waals surface area (Å²) >= 11 is 0. The highest BCUT2D eigenvalue weighted by Gasteiger charge is 2.43. The lowest BCUT2D eigenvalue weighted by Crippen LogP contribution is -2.59. The highest BCUT2D eigenvalue weighted by Crippen LogP contribution is 2.32. The van der Waals surface area contributed by atoms with Crippen molar-refractivity contribution in [2.75, 3.05) is 13.2 Å². The SMILES string of the molecule is CC1CCCC(NC(=O)NCCC2CCCO2)(C(=O)O)C1. The standard InChI is InChI=1S/C15H26N2O4/c1-11-4-2-7-15(10-11,13(18)19)17-14(20)16-8-6-12-5-3-9-21-12/h11-12H,2-10H2,1H3,(H,18,19)(H2,16,17,20). The molecule has 21 heavy (non-hydrogen) atoms. The van der Waals surface area contributed by atoms with E-state index in [9.17, 15) is 14.7 Å². The summed E-state index contributed by atoms with van der Waals surface area (Å²) in [6.45, 7) is 3.35. The molecule has 6 nitrogen and oxygen atoms in total. The predicted molar refractivity (Wildman–Crippen MR) is 78.1 cm³/mol. The summed E-state index contributed by atoms with van der Waals surface area (Å²) in [4.78, 5) is 23.6. The van der Waals surface area contributed by atoms with Crippen molar-refractivity contribution in [1.82, 2.24) is 10.6 Å². The van der Waals surface area contributed by atoms with E-state index < -0.39 is 11.5 Å². The Balaban J connectivity index is 1.79. The molecule has 2 rings (SSSR count). The molecule has 1 saturated heterocycles. The molecule has 2 amide bonds. The van der Waals surface area contributed by atoms with E-state index in [1.54, 1.807) is 0 Å². The Morgan fingerprint density at radius 2 is 2.14 bits per heavy atom. The van der Waals surface area contributed by atoms with E-state index in [2.05, 4.69) is 10.6 Å². The molecule has 0 radical (unpaired) electrons. The molecule has 6 heteroatoms. The lowest BCUT2D eigenvalue weighted by atomic mass is 9.76. The minimum Gasteiger partial charge on any atom is -0.480 e. The lowest BCUT2D eigenvalue weighted by Gasteiger charge is -2.37. The normalized spacial score (nSPS) is 32.6. The molecule has 0 aromatic heterocycles. The second kappa shape index (κ2) is 7.11. The number of hydrogen-bond donors (Lipinski definition) is 3. The summed E-state index contributed by atoms with van der Waals surface area (Å²) < 4.78 is 5.49. The van der Waals surface area contributed by atoms with Crippen LogP contribution in [-0.2, 0) is 9.53 Å². The number of carboxylic acid groups (broad SMARTS) is 1. The van der Waals surface area contributed by atoms with E-state index in [1.165, 1.54) is 0 Å². The maximum absolute atomic E-state index is 12.0. The van der Waals surface area contributed by atoms with Crippen LogP contribution in [0.2, 0.25) is 0 Å². The first-order valence-corrected chi connectivity index (χ1v) is 7.93. The molecule has 2 fully saturated rings. The number of amides is 2. The van der Waals surface area contributed by atoms with E-state index in [-0.39, 0.29) is 12.1 Å². The first-order valence-electron chi connectivity index (χ1n) is 7.93. The van der Waals surface area contributed by atoms with E-state index in [0.717, 1.165) is 38.7 Å². The average Bonchev–Trinajstić information content (AvgIpc) is 2.91.